The van der Waals surface area contributed by atoms with Gasteiger partial charge in [0.15, 0.2) is 0 Å². The maximum Gasteiger partial charge on any atom is 1.00 e. The van der Waals surface area contributed by atoms with E-state index in [1.165, 1.54) is 0 Å². The average Bonchev–Trinajstić information content (AvgIpc) is 2.72. The first-order chi connectivity index (χ1) is 8.36. The second-order valence-corrected chi connectivity index (χ2v) is 4.59. The van der Waals surface area contributed by atoms with Crippen LogP contribution >= 0.6 is 0 Å². The molecule has 3 nitrogen and oxygen atoms in total. The standard InChI is InChI=1S/C13H14N.C2H4O2.Hg/c1-4-13(2,3)12-9-10-7-5-6-8-11(10)14-12;1-2(3)4;/h4-8,14H,1H2,2-3H3;1H3,(H,3,4);/q;;+1/p-1. The summed E-state index contributed by atoms with van der Waals surface area (Å²) >= 11 is 0. The zero-order valence-electron chi connectivity index (χ0n) is 11.6. The number of benzene rings is 1. The molecule has 1 heterocycles. The minimum Gasteiger partial charge on any atom is -0.550 e. The fourth-order valence-electron chi connectivity index (χ4n) is 1.43. The predicted molar refractivity (Wildman–Crippen MR) is 71.0 cm³/mol. The fraction of sp³-hybridized carbons (Fsp3) is 0.267. The van der Waals surface area contributed by atoms with Crippen molar-refractivity contribution in [2.75, 3.05) is 0 Å². The minimum absolute atomic E-state index is 0. The van der Waals surface area contributed by atoms with Crippen molar-refractivity contribution in [1.29, 1.82) is 0 Å². The molecule has 2 aromatic rings. The molecular weight excluding hydrogens is 427 g/mol. The van der Waals surface area contributed by atoms with E-state index in [1.807, 2.05) is 18.2 Å². The third-order valence-electron chi connectivity index (χ3n) is 2.60. The van der Waals surface area contributed by atoms with Gasteiger partial charge in [-0.1, -0.05) is 38.1 Å². The number of rotatable bonds is 2. The van der Waals surface area contributed by atoms with Crippen LogP contribution in [0.3, 0.4) is 0 Å². The molecule has 1 aromatic carbocycles. The number of allylic oxidation sites excluding steroid dienone is 1. The average molecular weight is 444 g/mol. The van der Waals surface area contributed by atoms with Crippen molar-refractivity contribution in [2.24, 2.45) is 0 Å². The van der Waals surface area contributed by atoms with Gasteiger partial charge in [0.05, 0.1) is 0 Å². The summed E-state index contributed by atoms with van der Waals surface area (Å²) in [6.45, 7) is 9.06. The first kappa shape index (κ1) is 17.9. The smallest absolute Gasteiger partial charge is 0.550 e. The molecule has 0 saturated carbocycles. The third-order valence-corrected chi connectivity index (χ3v) is 2.60. The maximum absolute atomic E-state index is 8.89. The first-order valence-electron chi connectivity index (χ1n) is 5.68. The Morgan fingerprint density at radius 3 is 2.42 bits per heavy atom. The van der Waals surface area contributed by atoms with Gasteiger partial charge in [-0.05, 0) is 13.0 Å². The zero-order chi connectivity index (χ0) is 13.8. The van der Waals surface area contributed by atoms with Gasteiger partial charge in [-0.15, -0.1) is 6.58 Å². The van der Waals surface area contributed by atoms with E-state index in [1.54, 1.807) is 0 Å². The van der Waals surface area contributed by atoms with Crippen molar-refractivity contribution in [3.63, 3.8) is 0 Å². The number of hydrogen-bond acceptors (Lipinski definition) is 2. The first-order valence-corrected chi connectivity index (χ1v) is 5.68. The molecule has 1 N–H and O–H groups in total. The number of hydrogen-bond donors (Lipinski definition) is 1. The third kappa shape index (κ3) is 5.19. The number of para-hydroxylation sites is 1. The van der Waals surface area contributed by atoms with Crippen LogP contribution in [0.5, 0.6) is 0 Å². The van der Waals surface area contributed by atoms with Crippen molar-refractivity contribution in [3.05, 3.63) is 48.7 Å². The van der Waals surface area contributed by atoms with Crippen molar-refractivity contribution in [2.45, 2.75) is 26.2 Å². The van der Waals surface area contributed by atoms with Gasteiger partial charge in [0.2, 0.25) is 0 Å². The minimum atomic E-state index is -1.08. The number of fused-ring (bicyclic) bond motifs is 1. The van der Waals surface area contributed by atoms with E-state index < -0.39 is 5.97 Å². The van der Waals surface area contributed by atoms with Crippen LogP contribution < -0.4 is 5.11 Å². The van der Waals surface area contributed by atoms with Crippen molar-refractivity contribution in [1.82, 2.24) is 4.98 Å². The van der Waals surface area contributed by atoms with Crippen LogP contribution in [0.15, 0.2) is 36.9 Å². The van der Waals surface area contributed by atoms with Crippen molar-refractivity contribution in [3.8, 4) is 0 Å². The van der Waals surface area contributed by atoms with Crippen LogP contribution in [0.2, 0.25) is 0 Å². The SMILES string of the molecule is C=CC(C)(C)c1[c]c2ccccc2[nH]1.CC(=O)[O-].[Hg+]. The largest absolute Gasteiger partial charge is 1.00 e. The van der Waals surface area contributed by atoms with E-state index in [2.05, 4.69) is 43.6 Å². The number of nitrogens with one attached hydrogen (secondary N) is 1. The Hall–Kier alpha value is -1.09. The number of H-pyrrole nitrogens is 1. The van der Waals surface area contributed by atoms with Crippen LogP contribution in [-0.4, -0.2) is 11.0 Å². The van der Waals surface area contributed by atoms with Crippen molar-refractivity contribution >= 4 is 16.9 Å². The summed E-state index contributed by atoms with van der Waals surface area (Å²) in [7, 11) is 0. The Morgan fingerprint density at radius 2 is 1.95 bits per heavy atom. The molecule has 2 rings (SSSR count). The normalized spacial score (nSPS) is 10.1. The number of aliphatic carboxylic acids is 1. The summed E-state index contributed by atoms with van der Waals surface area (Å²) in [5.74, 6) is -1.08. The molecule has 1 aromatic heterocycles. The Labute approximate surface area is 134 Å². The molecule has 0 atom stereocenters. The molecule has 0 aliphatic carbocycles. The van der Waals surface area contributed by atoms with Gasteiger partial charge in [0.1, 0.15) is 0 Å². The van der Waals surface area contributed by atoms with Gasteiger partial charge >= 0.3 is 27.7 Å². The van der Waals surface area contributed by atoms with Gasteiger partial charge in [-0.25, -0.2) is 0 Å². The van der Waals surface area contributed by atoms with Gasteiger partial charge in [-0.3, -0.25) is 0 Å². The summed E-state index contributed by atoms with van der Waals surface area (Å²) in [5, 5.41) is 10.0. The summed E-state index contributed by atoms with van der Waals surface area (Å²) in [6, 6.07) is 11.5. The molecule has 2 radical (unpaired) electrons. The Kier molecular flexibility index (Phi) is 7.05. The van der Waals surface area contributed by atoms with Crippen LogP contribution in [0.25, 0.3) is 10.9 Å². The number of aromatic amines is 1. The molecule has 0 saturated heterocycles. The summed E-state index contributed by atoms with van der Waals surface area (Å²) in [4.78, 5) is 12.2. The van der Waals surface area contributed by atoms with Gasteiger partial charge in [-0.2, -0.15) is 0 Å². The number of carboxylic acids is 1. The Balaban J connectivity index is 0.000000576. The molecule has 19 heavy (non-hydrogen) atoms. The van der Waals surface area contributed by atoms with Gasteiger partial charge in [0, 0.05) is 34.0 Å². The zero-order valence-corrected chi connectivity index (χ0v) is 17.1. The van der Waals surface area contributed by atoms with Crippen LogP contribution in [-0.2, 0) is 37.9 Å². The van der Waals surface area contributed by atoms with E-state index in [-0.39, 0.29) is 33.1 Å². The second kappa shape index (κ2) is 7.48. The number of carbonyl (C=O) groups excluding carboxylic acids is 1. The summed E-state index contributed by atoms with van der Waals surface area (Å²) < 4.78 is 0. The van der Waals surface area contributed by atoms with E-state index >= 15 is 0 Å². The Bertz CT molecular complexity index is 521. The summed E-state index contributed by atoms with van der Waals surface area (Å²) in [6.07, 6.45) is 1.94. The Morgan fingerprint density at radius 1 is 1.42 bits per heavy atom. The van der Waals surface area contributed by atoms with E-state index in [0.29, 0.717) is 0 Å². The van der Waals surface area contributed by atoms with Gasteiger partial charge < -0.3 is 14.9 Å². The molecule has 0 bridgehead atoms. The molecule has 4 heteroatoms. The topological polar surface area (TPSA) is 55.9 Å². The van der Waals surface area contributed by atoms with Crippen LogP contribution in [0.4, 0.5) is 0 Å². The molecule has 96 valence electrons. The second-order valence-electron chi connectivity index (χ2n) is 4.59. The van der Waals surface area contributed by atoms with E-state index in [4.69, 9.17) is 9.90 Å². The number of carbonyl (C=O) groups is 1. The molecule has 0 fully saturated rings. The number of carboxylic acid groups (broad SMARTS) is 1. The van der Waals surface area contributed by atoms with Crippen molar-refractivity contribution < 1.29 is 37.6 Å². The van der Waals surface area contributed by atoms with E-state index in [0.717, 1.165) is 23.5 Å². The number of aromatic nitrogens is 1. The quantitative estimate of drug-likeness (QED) is 0.571. The molecule has 0 amide bonds. The monoisotopic (exact) mass is 445 g/mol. The van der Waals surface area contributed by atoms with Gasteiger partial charge in [0.25, 0.3) is 0 Å². The molecule has 0 spiro atoms. The maximum atomic E-state index is 8.89. The fourth-order valence-corrected chi connectivity index (χ4v) is 1.43. The van der Waals surface area contributed by atoms with Crippen LogP contribution in [0, 0.1) is 6.07 Å². The molecule has 0 aliphatic heterocycles. The molecular formula is C15H17HgNO2. The van der Waals surface area contributed by atoms with E-state index in [9.17, 15) is 0 Å². The van der Waals surface area contributed by atoms with Crippen LogP contribution in [0.1, 0.15) is 26.5 Å². The molecule has 0 unspecified atom stereocenters. The predicted octanol–water partition coefficient (Wildman–Crippen LogP) is 2.19. The summed E-state index contributed by atoms with van der Waals surface area (Å²) in [5.41, 5.74) is 2.19. The molecule has 0 aliphatic rings.